The Labute approximate surface area is 129 Å². The van der Waals surface area contributed by atoms with Gasteiger partial charge in [0.1, 0.15) is 6.04 Å². The van der Waals surface area contributed by atoms with Crippen LogP contribution in [0.25, 0.3) is 0 Å². The first kappa shape index (κ1) is 16.9. The summed E-state index contributed by atoms with van der Waals surface area (Å²) in [4.78, 5) is 21.5. The Kier molecular flexibility index (Phi) is 6.97. The second-order valence-electron chi connectivity index (χ2n) is 3.98. The molecule has 8 heteroatoms. The third kappa shape index (κ3) is 4.77. The summed E-state index contributed by atoms with van der Waals surface area (Å²) >= 11 is 4.80. The SMILES string of the molecule is COC(=O)C(N)CCSCc1cccc([N+](=O)[O-])c1Br. The van der Waals surface area contributed by atoms with E-state index >= 15 is 0 Å². The standard InChI is InChI=1S/C12H15BrN2O4S/c1-19-12(16)9(14)5-6-20-7-8-3-2-4-10(11(8)13)15(17)18/h2-4,9H,5-7,14H2,1H3. The zero-order valence-electron chi connectivity index (χ0n) is 10.9. The third-order valence-corrected chi connectivity index (χ3v) is 4.54. The predicted octanol–water partition coefficient (Wildman–Crippen LogP) is 2.48. The molecule has 0 aliphatic carbocycles. The molecule has 0 aliphatic rings. The molecular weight excluding hydrogens is 348 g/mol. The quantitative estimate of drug-likeness (QED) is 0.346. The maximum atomic E-state index is 11.1. The number of carbonyl (C=O) groups excluding carboxylic acids is 1. The van der Waals surface area contributed by atoms with Crippen molar-refractivity contribution >= 4 is 39.3 Å². The molecule has 0 spiro atoms. The van der Waals surface area contributed by atoms with E-state index in [0.29, 0.717) is 22.4 Å². The van der Waals surface area contributed by atoms with Gasteiger partial charge in [-0.3, -0.25) is 14.9 Å². The number of nitrogens with zero attached hydrogens (tertiary/aromatic N) is 1. The number of ether oxygens (including phenoxy) is 1. The van der Waals surface area contributed by atoms with Gasteiger partial charge < -0.3 is 10.5 Å². The summed E-state index contributed by atoms with van der Waals surface area (Å²) in [5, 5.41) is 10.8. The molecule has 0 amide bonds. The molecular formula is C12H15BrN2O4S. The fourth-order valence-electron chi connectivity index (χ4n) is 1.48. The number of hydrogen-bond acceptors (Lipinski definition) is 6. The highest BCUT2D eigenvalue weighted by Crippen LogP contribution is 2.30. The Balaban J connectivity index is 2.49. The van der Waals surface area contributed by atoms with Crippen LogP contribution in [0.2, 0.25) is 0 Å². The lowest BCUT2D eigenvalue weighted by molar-refractivity contribution is -0.385. The highest BCUT2D eigenvalue weighted by molar-refractivity contribution is 9.10. The van der Waals surface area contributed by atoms with Gasteiger partial charge in [0.25, 0.3) is 5.69 Å². The van der Waals surface area contributed by atoms with Crippen molar-refractivity contribution < 1.29 is 14.5 Å². The normalized spacial score (nSPS) is 11.9. The predicted molar refractivity (Wildman–Crippen MR) is 81.6 cm³/mol. The highest BCUT2D eigenvalue weighted by Gasteiger charge is 2.16. The van der Waals surface area contributed by atoms with Crippen LogP contribution in [0.3, 0.4) is 0 Å². The third-order valence-electron chi connectivity index (χ3n) is 2.59. The Morgan fingerprint density at radius 1 is 1.60 bits per heavy atom. The molecule has 0 saturated heterocycles. The molecule has 20 heavy (non-hydrogen) atoms. The van der Waals surface area contributed by atoms with Crippen LogP contribution in [-0.4, -0.2) is 29.8 Å². The molecule has 1 aromatic carbocycles. The van der Waals surface area contributed by atoms with Crippen molar-refractivity contribution in [2.45, 2.75) is 18.2 Å². The van der Waals surface area contributed by atoms with Gasteiger partial charge >= 0.3 is 5.97 Å². The number of hydrogen-bond donors (Lipinski definition) is 1. The second kappa shape index (κ2) is 8.23. The van der Waals surface area contributed by atoms with Crippen LogP contribution in [-0.2, 0) is 15.3 Å². The van der Waals surface area contributed by atoms with E-state index in [9.17, 15) is 14.9 Å². The number of nitrogens with two attached hydrogens (primary N) is 1. The van der Waals surface area contributed by atoms with Gasteiger partial charge in [-0.2, -0.15) is 11.8 Å². The average Bonchev–Trinajstić information content (AvgIpc) is 2.43. The number of thioether (sulfide) groups is 1. The molecule has 0 fully saturated rings. The molecule has 1 rings (SSSR count). The first-order valence-corrected chi connectivity index (χ1v) is 7.75. The maximum absolute atomic E-state index is 11.1. The summed E-state index contributed by atoms with van der Waals surface area (Å²) in [5.41, 5.74) is 6.51. The van der Waals surface area contributed by atoms with Crippen molar-refractivity contribution in [1.29, 1.82) is 0 Å². The fourth-order valence-corrected chi connectivity index (χ4v) is 3.24. The van der Waals surface area contributed by atoms with Crippen molar-refractivity contribution in [1.82, 2.24) is 0 Å². The monoisotopic (exact) mass is 362 g/mol. The van der Waals surface area contributed by atoms with Crippen molar-refractivity contribution in [3.05, 3.63) is 38.3 Å². The van der Waals surface area contributed by atoms with Gasteiger partial charge in [-0.05, 0) is 33.7 Å². The van der Waals surface area contributed by atoms with Crippen LogP contribution >= 0.6 is 27.7 Å². The number of esters is 1. The summed E-state index contributed by atoms with van der Waals surface area (Å²) in [7, 11) is 1.30. The Bertz CT molecular complexity index is 498. The molecule has 6 nitrogen and oxygen atoms in total. The summed E-state index contributed by atoms with van der Waals surface area (Å²) < 4.78 is 5.03. The minimum Gasteiger partial charge on any atom is -0.468 e. The smallest absolute Gasteiger partial charge is 0.322 e. The van der Waals surface area contributed by atoms with Crippen molar-refractivity contribution in [3.8, 4) is 0 Å². The zero-order chi connectivity index (χ0) is 15.1. The summed E-state index contributed by atoms with van der Waals surface area (Å²) in [6.07, 6.45) is 0.504. The van der Waals surface area contributed by atoms with Crippen LogP contribution in [0.5, 0.6) is 0 Å². The molecule has 0 aromatic heterocycles. The van der Waals surface area contributed by atoms with E-state index in [-0.39, 0.29) is 5.69 Å². The minimum absolute atomic E-state index is 0.0503. The Morgan fingerprint density at radius 2 is 2.30 bits per heavy atom. The van der Waals surface area contributed by atoms with Gasteiger partial charge in [-0.25, -0.2) is 0 Å². The molecule has 0 heterocycles. The lowest BCUT2D eigenvalue weighted by atomic mass is 10.2. The topological polar surface area (TPSA) is 95.5 Å². The Hall–Kier alpha value is -1.12. The van der Waals surface area contributed by atoms with Crippen molar-refractivity contribution in [2.24, 2.45) is 5.73 Å². The number of halogens is 1. The molecule has 0 radical (unpaired) electrons. The first-order valence-electron chi connectivity index (χ1n) is 5.80. The summed E-state index contributed by atoms with van der Waals surface area (Å²) in [6, 6.07) is 4.30. The zero-order valence-corrected chi connectivity index (χ0v) is 13.3. The first-order chi connectivity index (χ1) is 9.47. The largest absolute Gasteiger partial charge is 0.468 e. The van der Waals surface area contributed by atoms with Gasteiger partial charge in [0.2, 0.25) is 0 Å². The van der Waals surface area contributed by atoms with E-state index in [1.165, 1.54) is 13.2 Å². The molecule has 0 bridgehead atoms. The Morgan fingerprint density at radius 3 is 2.90 bits per heavy atom. The van der Waals surface area contributed by atoms with Gasteiger partial charge in [0, 0.05) is 11.8 Å². The van der Waals surface area contributed by atoms with Crippen LogP contribution in [0.4, 0.5) is 5.69 Å². The summed E-state index contributed by atoms with van der Waals surface area (Å²) in [6.45, 7) is 0. The highest BCUT2D eigenvalue weighted by atomic mass is 79.9. The second-order valence-corrected chi connectivity index (χ2v) is 5.88. The molecule has 0 aliphatic heterocycles. The average molecular weight is 363 g/mol. The molecule has 1 aromatic rings. The van der Waals surface area contributed by atoms with Crippen molar-refractivity contribution in [2.75, 3.05) is 12.9 Å². The van der Waals surface area contributed by atoms with E-state index < -0.39 is 16.9 Å². The van der Waals surface area contributed by atoms with Gasteiger partial charge in [0.15, 0.2) is 0 Å². The van der Waals surface area contributed by atoms with E-state index in [2.05, 4.69) is 20.7 Å². The number of benzene rings is 1. The fraction of sp³-hybridized carbons (Fsp3) is 0.417. The van der Waals surface area contributed by atoms with Crippen LogP contribution in [0.15, 0.2) is 22.7 Å². The lowest BCUT2D eigenvalue weighted by Crippen LogP contribution is -2.31. The molecule has 0 saturated carbocycles. The molecule has 2 N–H and O–H groups in total. The minimum atomic E-state index is -0.624. The van der Waals surface area contributed by atoms with E-state index in [4.69, 9.17) is 5.73 Å². The van der Waals surface area contributed by atoms with Gasteiger partial charge in [-0.15, -0.1) is 0 Å². The van der Waals surface area contributed by atoms with E-state index in [1.54, 1.807) is 17.8 Å². The number of nitro groups is 1. The van der Waals surface area contributed by atoms with Crippen LogP contribution in [0, 0.1) is 10.1 Å². The van der Waals surface area contributed by atoms with Crippen LogP contribution in [0.1, 0.15) is 12.0 Å². The number of nitro benzene ring substituents is 1. The number of rotatable bonds is 7. The summed E-state index contributed by atoms with van der Waals surface area (Å²) in [5.74, 6) is 0.851. The maximum Gasteiger partial charge on any atom is 0.322 e. The van der Waals surface area contributed by atoms with Crippen molar-refractivity contribution in [3.63, 3.8) is 0 Å². The molecule has 1 unspecified atom stereocenters. The number of methoxy groups -OCH3 is 1. The van der Waals surface area contributed by atoms with E-state index in [1.807, 2.05) is 6.07 Å². The molecule has 1 atom stereocenters. The van der Waals surface area contributed by atoms with Crippen LogP contribution < -0.4 is 5.73 Å². The lowest BCUT2D eigenvalue weighted by Gasteiger charge is -2.09. The van der Waals surface area contributed by atoms with E-state index in [0.717, 1.165) is 5.56 Å². The molecule has 110 valence electrons. The number of carbonyl (C=O) groups is 1. The van der Waals surface area contributed by atoms with Gasteiger partial charge in [-0.1, -0.05) is 12.1 Å². The van der Waals surface area contributed by atoms with Gasteiger partial charge in [0.05, 0.1) is 16.5 Å².